The number of alkyl halides is 3. The lowest BCUT2D eigenvalue weighted by molar-refractivity contribution is -0.137. The lowest BCUT2D eigenvalue weighted by atomic mass is 9.96. The molecule has 0 radical (unpaired) electrons. The molecule has 6 nitrogen and oxygen atoms in total. The molecule has 1 aromatic heterocycles. The molecule has 0 spiro atoms. The molecule has 0 aliphatic carbocycles. The first-order valence-corrected chi connectivity index (χ1v) is 9.41. The monoisotopic (exact) mass is 394 g/mol. The molecule has 1 aromatic carbocycles. The number of aryl methyl sites for hydroxylation is 1. The summed E-state index contributed by atoms with van der Waals surface area (Å²) in [5, 5.41) is 14.8. The number of halogens is 3. The Morgan fingerprint density at radius 2 is 2.11 bits per heavy atom. The third-order valence-corrected chi connectivity index (χ3v) is 4.98. The molecule has 0 saturated heterocycles. The van der Waals surface area contributed by atoms with E-state index >= 15 is 0 Å². The first-order chi connectivity index (χ1) is 13.4. The molecule has 0 amide bonds. The van der Waals surface area contributed by atoms with Gasteiger partial charge in [0.1, 0.15) is 5.82 Å². The standard InChI is InChI=1S/C19H25F3N6/c1-13(14-5-3-6-15(11-14)19(20,21)22)8-9-24-18(23-2)25-12-17-27-26-16-7-4-10-28(16)17/h3,5-6,11,13H,4,7-10,12H2,1-2H3,(H2,23,24,25). The van der Waals surface area contributed by atoms with E-state index in [9.17, 15) is 13.2 Å². The molecule has 2 heterocycles. The summed E-state index contributed by atoms with van der Waals surface area (Å²) >= 11 is 0. The summed E-state index contributed by atoms with van der Waals surface area (Å²) in [6, 6.07) is 5.52. The van der Waals surface area contributed by atoms with Gasteiger partial charge >= 0.3 is 6.18 Å². The SMILES string of the molecule is CN=C(NCCC(C)c1cccc(C(F)(F)F)c1)NCc1nnc2n1CCC2. The van der Waals surface area contributed by atoms with E-state index in [1.54, 1.807) is 13.1 Å². The second kappa shape index (κ2) is 8.62. The van der Waals surface area contributed by atoms with Gasteiger partial charge in [-0.3, -0.25) is 4.99 Å². The molecule has 1 atom stereocenters. The van der Waals surface area contributed by atoms with Crippen LogP contribution in [0.4, 0.5) is 13.2 Å². The minimum absolute atomic E-state index is 0.00679. The average Bonchev–Trinajstić information content (AvgIpc) is 3.28. The van der Waals surface area contributed by atoms with Crippen LogP contribution in [0.1, 0.15) is 48.5 Å². The molecule has 2 aromatic rings. The Kier molecular flexibility index (Phi) is 6.21. The Balaban J connectivity index is 1.47. The summed E-state index contributed by atoms with van der Waals surface area (Å²) in [4.78, 5) is 4.19. The van der Waals surface area contributed by atoms with E-state index in [2.05, 4.69) is 30.4 Å². The number of aromatic nitrogens is 3. The number of benzene rings is 1. The zero-order valence-electron chi connectivity index (χ0n) is 16.1. The van der Waals surface area contributed by atoms with Crippen molar-refractivity contribution in [3.05, 3.63) is 47.0 Å². The van der Waals surface area contributed by atoms with Crippen molar-refractivity contribution < 1.29 is 13.2 Å². The van der Waals surface area contributed by atoms with Crippen LogP contribution in [0.5, 0.6) is 0 Å². The third kappa shape index (κ3) is 4.82. The highest BCUT2D eigenvalue weighted by Crippen LogP contribution is 2.31. The maximum Gasteiger partial charge on any atom is 0.416 e. The second-order valence-electron chi connectivity index (χ2n) is 6.95. The van der Waals surface area contributed by atoms with Gasteiger partial charge in [0.05, 0.1) is 12.1 Å². The number of guanidine groups is 1. The smallest absolute Gasteiger partial charge is 0.356 e. The van der Waals surface area contributed by atoms with Crippen molar-refractivity contribution in [2.24, 2.45) is 4.99 Å². The van der Waals surface area contributed by atoms with E-state index in [0.717, 1.165) is 37.1 Å². The second-order valence-corrected chi connectivity index (χ2v) is 6.95. The maximum atomic E-state index is 12.9. The van der Waals surface area contributed by atoms with Gasteiger partial charge < -0.3 is 15.2 Å². The van der Waals surface area contributed by atoms with E-state index < -0.39 is 11.7 Å². The summed E-state index contributed by atoms with van der Waals surface area (Å²) < 4.78 is 40.7. The summed E-state index contributed by atoms with van der Waals surface area (Å²) in [5.41, 5.74) is 0.0710. The van der Waals surface area contributed by atoms with E-state index in [4.69, 9.17) is 0 Å². The minimum atomic E-state index is -4.32. The molecule has 9 heteroatoms. The lowest BCUT2D eigenvalue weighted by Crippen LogP contribution is -2.38. The minimum Gasteiger partial charge on any atom is -0.356 e. The van der Waals surface area contributed by atoms with Gasteiger partial charge in [-0.15, -0.1) is 10.2 Å². The molecule has 1 aliphatic heterocycles. The Hall–Kier alpha value is -2.58. The summed E-state index contributed by atoms with van der Waals surface area (Å²) in [6.07, 6.45) is -1.57. The van der Waals surface area contributed by atoms with E-state index in [-0.39, 0.29) is 5.92 Å². The average molecular weight is 394 g/mol. The Morgan fingerprint density at radius 1 is 1.29 bits per heavy atom. The van der Waals surface area contributed by atoms with E-state index in [0.29, 0.717) is 31.0 Å². The van der Waals surface area contributed by atoms with Crippen molar-refractivity contribution in [1.82, 2.24) is 25.4 Å². The van der Waals surface area contributed by atoms with Crippen LogP contribution >= 0.6 is 0 Å². The van der Waals surface area contributed by atoms with Gasteiger partial charge in [0.2, 0.25) is 0 Å². The largest absolute Gasteiger partial charge is 0.416 e. The van der Waals surface area contributed by atoms with Crippen LogP contribution in [-0.4, -0.2) is 34.3 Å². The van der Waals surface area contributed by atoms with Crippen LogP contribution in [-0.2, 0) is 25.7 Å². The maximum absolute atomic E-state index is 12.9. The van der Waals surface area contributed by atoms with Crippen LogP contribution in [0.15, 0.2) is 29.3 Å². The number of nitrogens with one attached hydrogen (secondary N) is 2. The Bertz CT molecular complexity index is 827. The van der Waals surface area contributed by atoms with Gasteiger partial charge in [-0.1, -0.05) is 25.1 Å². The summed E-state index contributed by atoms with van der Waals surface area (Å²) in [6.45, 7) is 3.98. The molecule has 1 unspecified atom stereocenters. The topological polar surface area (TPSA) is 67.1 Å². The van der Waals surface area contributed by atoms with Gasteiger partial charge in [-0.05, 0) is 30.4 Å². The highest BCUT2D eigenvalue weighted by Gasteiger charge is 2.30. The van der Waals surface area contributed by atoms with Crippen molar-refractivity contribution in [3.63, 3.8) is 0 Å². The molecule has 0 fully saturated rings. The molecule has 1 aliphatic rings. The number of hydrogen-bond donors (Lipinski definition) is 2. The van der Waals surface area contributed by atoms with Gasteiger partial charge in [0, 0.05) is 26.6 Å². The van der Waals surface area contributed by atoms with Gasteiger partial charge in [0.25, 0.3) is 0 Å². The first-order valence-electron chi connectivity index (χ1n) is 9.41. The summed E-state index contributed by atoms with van der Waals surface area (Å²) in [5.74, 6) is 2.53. The quantitative estimate of drug-likeness (QED) is 0.584. The van der Waals surface area contributed by atoms with Crippen molar-refractivity contribution in [3.8, 4) is 0 Å². The van der Waals surface area contributed by atoms with Gasteiger partial charge in [0.15, 0.2) is 11.8 Å². The van der Waals surface area contributed by atoms with Gasteiger partial charge in [-0.2, -0.15) is 13.2 Å². The number of fused-ring (bicyclic) bond motifs is 1. The van der Waals surface area contributed by atoms with Crippen molar-refractivity contribution in [2.75, 3.05) is 13.6 Å². The Labute approximate surface area is 162 Å². The lowest BCUT2D eigenvalue weighted by Gasteiger charge is -2.16. The fourth-order valence-corrected chi connectivity index (χ4v) is 3.32. The number of rotatable bonds is 6. The van der Waals surface area contributed by atoms with Crippen LogP contribution in [0.2, 0.25) is 0 Å². The molecule has 3 rings (SSSR count). The zero-order chi connectivity index (χ0) is 20.1. The molecule has 2 N–H and O–H groups in total. The molecule has 0 bridgehead atoms. The number of nitrogens with zero attached hydrogens (tertiary/aromatic N) is 4. The fraction of sp³-hybridized carbons (Fsp3) is 0.526. The molecular formula is C19H25F3N6. The first kappa shape index (κ1) is 20.2. The Morgan fingerprint density at radius 3 is 2.86 bits per heavy atom. The van der Waals surface area contributed by atoms with Gasteiger partial charge in [-0.25, -0.2) is 0 Å². The van der Waals surface area contributed by atoms with E-state index in [1.165, 1.54) is 12.1 Å². The zero-order valence-corrected chi connectivity index (χ0v) is 16.1. The third-order valence-electron chi connectivity index (χ3n) is 4.98. The van der Waals surface area contributed by atoms with Crippen LogP contribution in [0.3, 0.4) is 0 Å². The number of aliphatic imine (C=N–C) groups is 1. The molecule has 28 heavy (non-hydrogen) atoms. The van der Waals surface area contributed by atoms with Crippen molar-refractivity contribution in [1.29, 1.82) is 0 Å². The fourth-order valence-electron chi connectivity index (χ4n) is 3.32. The van der Waals surface area contributed by atoms with Crippen molar-refractivity contribution in [2.45, 2.75) is 51.4 Å². The summed E-state index contributed by atoms with van der Waals surface area (Å²) in [7, 11) is 1.68. The predicted octanol–water partition coefficient (Wildman–Crippen LogP) is 3.10. The molecule has 152 valence electrons. The predicted molar refractivity (Wildman–Crippen MR) is 101 cm³/mol. The highest BCUT2D eigenvalue weighted by atomic mass is 19.4. The van der Waals surface area contributed by atoms with E-state index in [1.807, 2.05) is 6.92 Å². The van der Waals surface area contributed by atoms with Crippen molar-refractivity contribution >= 4 is 5.96 Å². The van der Waals surface area contributed by atoms with Crippen LogP contribution in [0, 0.1) is 0 Å². The molecule has 0 saturated carbocycles. The van der Waals surface area contributed by atoms with Crippen LogP contribution in [0.25, 0.3) is 0 Å². The number of hydrogen-bond acceptors (Lipinski definition) is 3. The van der Waals surface area contributed by atoms with Crippen LogP contribution < -0.4 is 10.6 Å². The molecular weight excluding hydrogens is 369 g/mol. The highest BCUT2D eigenvalue weighted by molar-refractivity contribution is 5.79. The normalized spacial score (nSPS) is 15.4.